The number of rotatable bonds is 2. The van der Waals surface area contributed by atoms with Gasteiger partial charge in [-0.3, -0.25) is 10.1 Å². The first-order chi connectivity index (χ1) is 3.18. The molecule has 3 heteroatoms. The first kappa shape index (κ1) is 6.27. The van der Waals surface area contributed by atoms with Crippen LogP contribution in [0, 0.1) is 16.2 Å². The van der Waals surface area contributed by atoms with Crippen molar-refractivity contribution in [2.24, 2.45) is 0 Å². The molecule has 0 aromatic heterocycles. The van der Waals surface area contributed by atoms with Crippen LogP contribution in [-0.2, 0) is 0 Å². The van der Waals surface area contributed by atoms with Gasteiger partial charge in [0.15, 0.2) is 0 Å². The van der Waals surface area contributed by atoms with Gasteiger partial charge in [0.2, 0.25) is 0 Å². The fourth-order valence-electron chi connectivity index (χ4n) is 0.129. The van der Waals surface area contributed by atoms with Crippen LogP contribution < -0.4 is 0 Å². The number of hydrogen-bond donors (Lipinski definition) is 0. The topological polar surface area (TPSA) is 43.1 Å². The molecule has 42 valence electrons. The number of nitrogens with zero attached hydrogens (tertiary/aromatic N) is 1. The van der Waals surface area contributed by atoms with Crippen molar-refractivity contribution in [3.05, 3.63) is 16.2 Å². The van der Waals surface area contributed by atoms with Gasteiger partial charge >= 0.3 is 0 Å². The van der Waals surface area contributed by atoms with Gasteiger partial charge in [0.05, 0.1) is 0 Å². The van der Waals surface area contributed by atoms with E-state index in [4.69, 9.17) is 0 Å². The zero-order valence-electron chi connectivity index (χ0n) is 4.47. The summed E-state index contributed by atoms with van der Waals surface area (Å²) in [5.74, 6) is 0. The van der Waals surface area contributed by atoms with Crippen molar-refractivity contribution in [3.8, 4) is 0 Å². The van der Waals surface area contributed by atoms with E-state index in [1.165, 1.54) is 6.92 Å². The Morgan fingerprint density at radius 2 is 2.29 bits per heavy atom. The number of hydrogen-bond acceptors (Lipinski definition) is 2. The lowest BCUT2D eigenvalue weighted by Crippen LogP contribution is -2.02. The average molecular weight is 102 g/mol. The largest absolute Gasteiger partial charge is 0.295 e. The van der Waals surface area contributed by atoms with E-state index in [1.807, 2.05) is 0 Å². The van der Waals surface area contributed by atoms with Crippen LogP contribution in [0.1, 0.15) is 20.3 Å². The summed E-state index contributed by atoms with van der Waals surface area (Å²) >= 11 is 0. The van der Waals surface area contributed by atoms with E-state index in [2.05, 4.69) is 0 Å². The second kappa shape index (κ2) is 2.44. The molecule has 0 aromatic rings. The molecule has 0 aromatic carbocycles. The van der Waals surface area contributed by atoms with Gasteiger partial charge in [0.25, 0.3) is 0 Å². The molecular weight excluding hydrogens is 94.0 g/mol. The molecular formula is C4H8NO2-. The molecule has 0 unspecified atom stereocenters. The zero-order chi connectivity index (χ0) is 5.86. The number of nitro groups is 1. The van der Waals surface area contributed by atoms with E-state index in [-0.39, 0.29) is 4.92 Å². The zero-order valence-corrected chi connectivity index (χ0v) is 4.47. The monoisotopic (exact) mass is 102 g/mol. The Morgan fingerprint density at radius 3 is 2.29 bits per heavy atom. The van der Waals surface area contributed by atoms with Crippen molar-refractivity contribution < 1.29 is 4.92 Å². The molecule has 0 saturated carbocycles. The summed E-state index contributed by atoms with van der Waals surface area (Å²) in [5.41, 5.74) is 0. The maximum absolute atomic E-state index is 9.70. The van der Waals surface area contributed by atoms with Crippen molar-refractivity contribution in [2.45, 2.75) is 20.3 Å². The van der Waals surface area contributed by atoms with Crippen molar-refractivity contribution in [3.63, 3.8) is 0 Å². The summed E-state index contributed by atoms with van der Waals surface area (Å²) < 4.78 is 0. The minimum Gasteiger partial charge on any atom is -0.295 e. The molecule has 0 radical (unpaired) electrons. The fraction of sp³-hybridized carbons (Fsp3) is 0.750. The van der Waals surface area contributed by atoms with Crippen LogP contribution in [-0.4, -0.2) is 4.92 Å². The minimum atomic E-state index is -0.361. The quantitative estimate of drug-likeness (QED) is 0.299. The Hall–Kier alpha value is -0.730. The molecule has 0 aliphatic heterocycles. The van der Waals surface area contributed by atoms with Crippen molar-refractivity contribution in [2.75, 3.05) is 0 Å². The lowest BCUT2D eigenvalue weighted by molar-refractivity contribution is -0.465. The maximum atomic E-state index is 9.70. The van der Waals surface area contributed by atoms with Crippen LogP contribution >= 0.6 is 0 Å². The molecule has 3 nitrogen and oxygen atoms in total. The highest BCUT2D eigenvalue weighted by molar-refractivity contribution is 4.63. The van der Waals surface area contributed by atoms with E-state index < -0.39 is 0 Å². The van der Waals surface area contributed by atoms with Crippen molar-refractivity contribution in [1.29, 1.82) is 0 Å². The Balaban J connectivity index is 3.34. The highest BCUT2D eigenvalue weighted by atomic mass is 16.6. The van der Waals surface area contributed by atoms with Crippen molar-refractivity contribution in [1.82, 2.24) is 0 Å². The average Bonchev–Trinajstić information content (AvgIpc) is 1.65. The highest BCUT2D eigenvalue weighted by Crippen LogP contribution is 2.01. The molecule has 0 fully saturated rings. The van der Waals surface area contributed by atoms with Crippen LogP contribution in [0.4, 0.5) is 0 Å². The Labute approximate surface area is 42.5 Å². The van der Waals surface area contributed by atoms with Gasteiger partial charge in [-0.15, -0.1) is 18.3 Å². The molecule has 0 N–H and O–H groups in total. The van der Waals surface area contributed by atoms with E-state index in [0.29, 0.717) is 12.5 Å². The smallest absolute Gasteiger partial charge is 0.0491 e. The molecule has 0 saturated heterocycles. The molecule has 7 heavy (non-hydrogen) atoms. The van der Waals surface area contributed by atoms with Gasteiger partial charge in [-0.25, -0.2) is 0 Å². The first-order valence-electron chi connectivity index (χ1n) is 2.15. The standard InChI is InChI=1S/C4H8NO2/c1-3-4(2)5(6)7/h3H2,1-2H3/q-1. The highest BCUT2D eigenvalue weighted by Gasteiger charge is 1.89. The van der Waals surface area contributed by atoms with Crippen LogP contribution in [0.2, 0.25) is 0 Å². The van der Waals surface area contributed by atoms with Gasteiger partial charge in [-0.1, -0.05) is 6.92 Å². The molecule has 0 spiro atoms. The molecule has 0 aliphatic carbocycles. The second-order valence-electron chi connectivity index (χ2n) is 1.35. The Bertz CT molecular complexity index is 72.1. The van der Waals surface area contributed by atoms with Gasteiger partial charge < -0.3 is 0 Å². The summed E-state index contributed by atoms with van der Waals surface area (Å²) in [4.78, 5) is 9.34. The van der Waals surface area contributed by atoms with Gasteiger partial charge in [-0.05, 0) is 6.04 Å². The summed E-state index contributed by atoms with van der Waals surface area (Å²) in [5, 5.41) is 9.70. The normalized spacial score (nSPS) is 8.29. The van der Waals surface area contributed by atoms with Crippen LogP contribution in [0.25, 0.3) is 0 Å². The van der Waals surface area contributed by atoms with Crippen LogP contribution in [0.5, 0.6) is 0 Å². The summed E-state index contributed by atoms with van der Waals surface area (Å²) in [6, 6.07) is 0.319. The molecule has 0 atom stereocenters. The Morgan fingerprint density at radius 1 is 1.86 bits per heavy atom. The van der Waals surface area contributed by atoms with E-state index in [9.17, 15) is 10.1 Å². The summed E-state index contributed by atoms with van der Waals surface area (Å²) in [6.07, 6.45) is 0.535. The van der Waals surface area contributed by atoms with E-state index >= 15 is 0 Å². The lowest BCUT2D eigenvalue weighted by atomic mass is 10.3. The molecule has 0 heterocycles. The summed E-state index contributed by atoms with van der Waals surface area (Å²) in [7, 11) is 0. The molecule has 0 amide bonds. The Kier molecular flexibility index (Phi) is 2.19. The van der Waals surface area contributed by atoms with Gasteiger partial charge in [0.1, 0.15) is 0 Å². The van der Waals surface area contributed by atoms with E-state index in [1.54, 1.807) is 6.92 Å². The third kappa shape index (κ3) is 2.03. The van der Waals surface area contributed by atoms with Crippen LogP contribution in [0.3, 0.4) is 0 Å². The predicted octanol–water partition coefficient (Wildman–Crippen LogP) is 1.22. The maximum Gasteiger partial charge on any atom is -0.0491 e. The predicted molar refractivity (Wildman–Crippen MR) is 26.2 cm³/mol. The van der Waals surface area contributed by atoms with Crippen molar-refractivity contribution >= 4 is 0 Å². The third-order valence-electron chi connectivity index (χ3n) is 0.823. The summed E-state index contributed by atoms with van der Waals surface area (Å²) in [6.45, 7) is 3.28. The van der Waals surface area contributed by atoms with Crippen LogP contribution in [0.15, 0.2) is 0 Å². The first-order valence-corrected chi connectivity index (χ1v) is 2.15. The third-order valence-corrected chi connectivity index (χ3v) is 0.823. The molecule has 0 rings (SSSR count). The molecule has 0 bridgehead atoms. The minimum absolute atomic E-state index is 0.319. The van der Waals surface area contributed by atoms with E-state index in [0.717, 1.165) is 0 Å². The fourth-order valence-corrected chi connectivity index (χ4v) is 0.129. The van der Waals surface area contributed by atoms with Gasteiger partial charge in [0, 0.05) is 0 Å². The second-order valence-corrected chi connectivity index (χ2v) is 1.35. The SMILES string of the molecule is CC[C-](C)[N+](=O)[O-]. The lowest BCUT2D eigenvalue weighted by Gasteiger charge is -2.09. The molecule has 0 aliphatic rings. The van der Waals surface area contributed by atoms with Gasteiger partial charge in [-0.2, -0.15) is 0 Å².